The van der Waals surface area contributed by atoms with E-state index in [-0.39, 0.29) is 5.82 Å². The Morgan fingerprint density at radius 2 is 1.77 bits per heavy atom. The van der Waals surface area contributed by atoms with Crippen LogP contribution in [0.5, 0.6) is 5.75 Å². The fraction of sp³-hybridized carbons (Fsp3) is 0.235. The number of rotatable bonds is 5. The Balaban J connectivity index is 2.24. The zero-order valence-corrected chi connectivity index (χ0v) is 12.3. The number of carboxylic acid groups (broad SMARTS) is 1. The van der Waals surface area contributed by atoms with Gasteiger partial charge in [-0.15, -0.1) is 0 Å². The Morgan fingerprint density at radius 1 is 1.14 bits per heavy atom. The summed E-state index contributed by atoms with van der Waals surface area (Å²) in [5, 5.41) is 19.4. The third kappa shape index (κ3) is 3.62. The van der Waals surface area contributed by atoms with Gasteiger partial charge in [-0.2, -0.15) is 0 Å². The number of carboxylic acids is 1. The molecule has 0 aliphatic carbocycles. The number of benzene rings is 2. The highest BCUT2D eigenvalue weighted by Gasteiger charge is 2.29. The third-order valence-electron chi connectivity index (χ3n) is 3.25. The molecule has 0 bridgehead atoms. The highest BCUT2D eigenvalue weighted by atomic mass is 19.1. The minimum absolute atomic E-state index is 0.339. The van der Waals surface area contributed by atoms with Crippen LogP contribution in [0.3, 0.4) is 0 Å². The third-order valence-corrected chi connectivity index (χ3v) is 3.25. The Kier molecular flexibility index (Phi) is 4.47. The molecule has 0 fully saturated rings. The van der Waals surface area contributed by atoms with Crippen molar-refractivity contribution < 1.29 is 24.1 Å². The first-order valence-electron chi connectivity index (χ1n) is 6.75. The van der Waals surface area contributed by atoms with E-state index in [1.54, 1.807) is 24.3 Å². The fourth-order valence-electron chi connectivity index (χ4n) is 1.92. The van der Waals surface area contributed by atoms with Crippen LogP contribution in [-0.4, -0.2) is 21.8 Å². The lowest BCUT2D eigenvalue weighted by molar-refractivity contribution is -0.152. The minimum Gasteiger partial charge on any atom is -0.478 e. The second-order valence-electron chi connectivity index (χ2n) is 5.44. The topological polar surface area (TPSA) is 66.8 Å². The lowest BCUT2D eigenvalue weighted by Gasteiger charge is -2.22. The summed E-state index contributed by atoms with van der Waals surface area (Å²) in [4.78, 5) is 11.1. The number of aliphatic hydroxyl groups is 1. The van der Waals surface area contributed by atoms with Crippen molar-refractivity contribution in [2.24, 2.45) is 0 Å². The number of carbonyl (C=O) groups is 1. The first-order chi connectivity index (χ1) is 10.3. The largest absolute Gasteiger partial charge is 0.478 e. The van der Waals surface area contributed by atoms with Crippen LogP contribution in [0, 0.1) is 5.82 Å². The van der Waals surface area contributed by atoms with Crippen molar-refractivity contribution in [1.82, 2.24) is 0 Å². The Bertz CT molecular complexity index is 665. The average molecular weight is 304 g/mol. The molecule has 0 radical (unpaired) electrons. The molecule has 0 saturated heterocycles. The van der Waals surface area contributed by atoms with E-state index in [4.69, 9.17) is 9.84 Å². The van der Waals surface area contributed by atoms with Crippen LogP contribution in [0.25, 0.3) is 0 Å². The van der Waals surface area contributed by atoms with Crippen LogP contribution < -0.4 is 4.74 Å². The molecule has 0 amide bonds. The highest BCUT2D eigenvalue weighted by Crippen LogP contribution is 2.27. The smallest absolute Gasteiger partial charge is 0.347 e. The van der Waals surface area contributed by atoms with Crippen LogP contribution >= 0.6 is 0 Å². The molecule has 0 heterocycles. The van der Waals surface area contributed by atoms with Crippen molar-refractivity contribution in [3.8, 4) is 5.75 Å². The van der Waals surface area contributed by atoms with Crippen LogP contribution in [-0.2, 0) is 4.79 Å². The molecule has 4 nitrogen and oxygen atoms in total. The number of halogens is 1. The van der Waals surface area contributed by atoms with E-state index >= 15 is 0 Å². The molecule has 116 valence electrons. The number of hydrogen-bond acceptors (Lipinski definition) is 3. The number of ether oxygens (including phenoxy) is 1. The van der Waals surface area contributed by atoms with Gasteiger partial charge in [0.25, 0.3) is 0 Å². The average Bonchev–Trinajstić information content (AvgIpc) is 2.47. The molecular formula is C17H17FO4. The SMILES string of the molecule is CC(C)(Oc1cccc(C(O)c2ccc(F)cc2)c1)C(=O)O. The summed E-state index contributed by atoms with van der Waals surface area (Å²) >= 11 is 0. The summed E-state index contributed by atoms with van der Waals surface area (Å²) in [6.45, 7) is 2.89. The van der Waals surface area contributed by atoms with E-state index in [0.717, 1.165) is 0 Å². The Labute approximate surface area is 127 Å². The molecule has 2 aromatic carbocycles. The van der Waals surface area contributed by atoms with Gasteiger partial charge in [0, 0.05) is 0 Å². The van der Waals surface area contributed by atoms with Gasteiger partial charge in [0.2, 0.25) is 0 Å². The van der Waals surface area contributed by atoms with Crippen molar-refractivity contribution in [2.45, 2.75) is 25.6 Å². The second kappa shape index (κ2) is 6.15. The van der Waals surface area contributed by atoms with E-state index in [1.165, 1.54) is 38.1 Å². The summed E-state index contributed by atoms with van der Waals surface area (Å²) in [6.07, 6.45) is -0.947. The monoisotopic (exact) mass is 304 g/mol. The predicted octanol–water partition coefficient (Wildman–Crippen LogP) is 3.15. The van der Waals surface area contributed by atoms with Gasteiger partial charge in [0.15, 0.2) is 5.60 Å². The molecule has 22 heavy (non-hydrogen) atoms. The van der Waals surface area contributed by atoms with Gasteiger partial charge in [-0.25, -0.2) is 9.18 Å². The molecule has 1 atom stereocenters. The molecular weight excluding hydrogens is 287 g/mol. The van der Waals surface area contributed by atoms with Gasteiger partial charge in [0.05, 0.1) is 0 Å². The maximum absolute atomic E-state index is 12.9. The summed E-state index contributed by atoms with van der Waals surface area (Å²) in [5.74, 6) is -1.13. The summed E-state index contributed by atoms with van der Waals surface area (Å²) in [6, 6.07) is 12.1. The predicted molar refractivity (Wildman–Crippen MR) is 79.2 cm³/mol. The summed E-state index contributed by atoms with van der Waals surface area (Å²) in [5.41, 5.74) is -0.305. The van der Waals surface area contributed by atoms with Crippen molar-refractivity contribution in [3.63, 3.8) is 0 Å². The van der Waals surface area contributed by atoms with Crippen LogP contribution in [0.2, 0.25) is 0 Å². The van der Waals surface area contributed by atoms with E-state index in [2.05, 4.69) is 0 Å². The fourth-order valence-corrected chi connectivity index (χ4v) is 1.92. The maximum Gasteiger partial charge on any atom is 0.347 e. The number of aliphatic carboxylic acids is 1. The molecule has 0 aliphatic heterocycles. The van der Waals surface area contributed by atoms with Crippen LogP contribution in [0.1, 0.15) is 31.1 Å². The number of aliphatic hydroxyl groups excluding tert-OH is 1. The maximum atomic E-state index is 12.9. The van der Waals surface area contributed by atoms with Crippen LogP contribution in [0.4, 0.5) is 4.39 Å². The van der Waals surface area contributed by atoms with Crippen LogP contribution in [0.15, 0.2) is 48.5 Å². The second-order valence-corrected chi connectivity index (χ2v) is 5.44. The van der Waals surface area contributed by atoms with Gasteiger partial charge in [-0.3, -0.25) is 0 Å². The van der Waals surface area contributed by atoms with E-state index < -0.39 is 17.7 Å². The van der Waals surface area contributed by atoms with Gasteiger partial charge in [-0.1, -0.05) is 24.3 Å². The van der Waals surface area contributed by atoms with E-state index in [1.807, 2.05) is 0 Å². The lowest BCUT2D eigenvalue weighted by Crippen LogP contribution is -2.37. The molecule has 0 saturated carbocycles. The van der Waals surface area contributed by atoms with Crippen molar-refractivity contribution >= 4 is 5.97 Å². The molecule has 0 aliphatic rings. The van der Waals surface area contributed by atoms with E-state index in [9.17, 15) is 14.3 Å². The Morgan fingerprint density at radius 3 is 2.36 bits per heavy atom. The quantitative estimate of drug-likeness (QED) is 0.890. The van der Waals surface area contributed by atoms with Gasteiger partial charge >= 0.3 is 5.97 Å². The van der Waals surface area contributed by atoms with Gasteiger partial charge in [0.1, 0.15) is 17.7 Å². The minimum atomic E-state index is -1.38. The lowest BCUT2D eigenvalue weighted by atomic mass is 10.0. The normalized spacial score (nSPS) is 12.7. The molecule has 0 aromatic heterocycles. The molecule has 0 spiro atoms. The molecule has 2 aromatic rings. The molecule has 1 unspecified atom stereocenters. The zero-order chi connectivity index (χ0) is 16.3. The molecule has 5 heteroatoms. The van der Waals surface area contributed by atoms with Crippen molar-refractivity contribution in [1.29, 1.82) is 0 Å². The van der Waals surface area contributed by atoms with Gasteiger partial charge in [-0.05, 0) is 49.2 Å². The standard InChI is InChI=1S/C17H17FO4/c1-17(2,16(20)21)22-14-5-3-4-12(10-14)15(19)11-6-8-13(18)9-7-11/h3-10,15,19H,1-2H3,(H,20,21). The Hall–Kier alpha value is -2.40. The van der Waals surface area contributed by atoms with E-state index in [0.29, 0.717) is 16.9 Å². The first kappa shape index (κ1) is 16.0. The highest BCUT2D eigenvalue weighted by molar-refractivity contribution is 5.76. The first-order valence-corrected chi connectivity index (χ1v) is 6.75. The molecule has 2 N–H and O–H groups in total. The number of hydrogen-bond donors (Lipinski definition) is 2. The van der Waals surface area contributed by atoms with Gasteiger partial charge < -0.3 is 14.9 Å². The van der Waals surface area contributed by atoms with Crippen molar-refractivity contribution in [2.75, 3.05) is 0 Å². The molecule has 2 rings (SSSR count). The van der Waals surface area contributed by atoms with Crippen molar-refractivity contribution in [3.05, 3.63) is 65.5 Å². The summed E-state index contributed by atoms with van der Waals surface area (Å²) < 4.78 is 18.4. The zero-order valence-electron chi connectivity index (χ0n) is 12.3. The summed E-state index contributed by atoms with van der Waals surface area (Å²) in [7, 11) is 0.